The van der Waals surface area contributed by atoms with E-state index >= 15 is 0 Å². The molecule has 1 heterocycles. The average Bonchev–Trinajstić information content (AvgIpc) is 2.40. The Kier molecular flexibility index (Phi) is 4.02. The highest BCUT2D eigenvalue weighted by molar-refractivity contribution is 5.34. The first-order valence-electron chi connectivity index (χ1n) is 6.11. The normalized spacial score (nSPS) is 11.5. The molecule has 0 atom stereocenters. The van der Waals surface area contributed by atoms with Gasteiger partial charge >= 0.3 is 6.18 Å². The van der Waals surface area contributed by atoms with Crippen LogP contribution in [0.25, 0.3) is 0 Å². The number of rotatable bonds is 3. The smallest absolute Gasteiger partial charge is 0.433 e. The number of halogens is 3. The first kappa shape index (κ1) is 15.1. The third kappa shape index (κ3) is 3.42. The van der Waals surface area contributed by atoms with Gasteiger partial charge in [0.2, 0.25) is 0 Å². The molecule has 0 spiro atoms. The van der Waals surface area contributed by atoms with Crippen LogP contribution in [0.2, 0.25) is 0 Å². The zero-order chi connectivity index (χ0) is 15.6. The summed E-state index contributed by atoms with van der Waals surface area (Å²) in [5.41, 5.74) is -1.79. The van der Waals surface area contributed by atoms with Crippen molar-refractivity contribution in [2.24, 2.45) is 0 Å². The number of hydrogen-bond donors (Lipinski definition) is 1. The van der Waals surface area contributed by atoms with Crippen molar-refractivity contribution >= 4 is 0 Å². The number of nitrogens with one attached hydrogen (secondary N) is 1. The predicted octanol–water partition coefficient (Wildman–Crippen LogP) is 2.70. The molecule has 0 radical (unpaired) electrons. The molecule has 7 heteroatoms. The van der Waals surface area contributed by atoms with Crippen LogP contribution in [0.5, 0.6) is 5.75 Å². The molecular formula is C14H13F3N2O2. The molecular weight excluding hydrogens is 285 g/mol. The van der Waals surface area contributed by atoms with E-state index in [1.54, 1.807) is 24.3 Å². The monoisotopic (exact) mass is 298 g/mol. The van der Waals surface area contributed by atoms with Gasteiger partial charge in [0.05, 0.1) is 12.7 Å². The van der Waals surface area contributed by atoms with E-state index in [2.05, 4.69) is 9.97 Å². The van der Waals surface area contributed by atoms with E-state index in [0.29, 0.717) is 11.3 Å². The number of aromatic nitrogens is 2. The van der Waals surface area contributed by atoms with Crippen molar-refractivity contribution in [1.29, 1.82) is 0 Å². The highest BCUT2D eigenvalue weighted by Crippen LogP contribution is 2.30. The van der Waals surface area contributed by atoms with Gasteiger partial charge < -0.3 is 9.72 Å². The number of H-pyrrole nitrogens is 1. The molecule has 0 saturated carbocycles. The second-order valence-corrected chi connectivity index (χ2v) is 4.50. The molecule has 112 valence electrons. The van der Waals surface area contributed by atoms with E-state index in [1.165, 1.54) is 14.0 Å². The summed E-state index contributed by atoms with van der Waals surface area (Å²) < 4.78 is 44.1. The van der Waals surface area contributed by atoms with Gasteiger partial charge in [0, 0.05) is 6.42 Å². The summed E-state index contributed by atoms with van der Waals surface area (Å²) in [5, 5.41) is 0. The lowest BCUT2D eigenvalue weighted by Gasteiger charge is -2.12. The fraction of sp³-hybridized carbons (Fsp3) is 0.286. The second-order valence-electron chi connectivity index (χ2n) is 4.50. The highest BCUT2D eigenvalue weighted by atomic mass is 19.4. The summed E-state index contributed by atoms with van der Waals surface area (Å²) in [7, 11) is 1.46. The molecule has 0 aliphatic heterocycles. The van der Waals surface area contributed by atoms with Crippen LogP contribution in [0.1, 0.15) is 22.6 Å². The molecule has 0 amide bonds. The molecule has 1 aromatic carbocycles. The third-order valence-corrected chi connectivity index (χ3v) is 2.92. The summed E-state index contributed by atoms with van der Waals surface area (Å²) in [6.45, 7) is 1.31. The Bertz CT molecular complexity index is 708. The Balaban J connectivity index is 2.50. The summed E-state index contributed by atoms with van der Waals surface area (Å²) >= 11 is 0. The zero-order valence-electron chi connectivity index (χ0n) is 11.4. The molecule has 0 saturated heterocycles. The number of nitrogens with zero attached hydrogens (tertiary/aromatic N) is 1. The summed E-state index contributed by atoms with van der Waals surface area (Å²) in [6.07, 6.45) is -4.85. The molecule has 0 aliphatic rings. The van der Waals surface area contributed by atoms with Crippen molar-refractivity contribution in [3.8, 4) is 5.75 Å². The number of ether oxygens (including phenoxy) is 1. The predicted molar refractivity (Wildman–Crippen MR) is 70.4 cm³/mol. The Morgan fingerprint density at radius 2 is 2.05 bits per heavy atom. The van der Waals surface area contributed by atoms with Crippen molar-refractivity contribution in [2.75, 3.05) is 7.11 Å². The van der Waals surface area contributed by atoms with Gasteiger partial charge in [-0.15, -0.1) is 0 Å². The number of alkyl halides is 3. The molecule has 4 nitrogen and oxygen atoms in total. The van der Waals surface area contributed by atoms with Crippen molar-refractivity contribution in [3.05, 3.63) is 57.3 Å². The maximum atomic E-state index is 13.0. The van der Waals surface area contributed by atoms with Crippen LogP contribution in [0.3, 0.4) is 0 Å². The number of aromatic amines is 1. The SMILES string of the molecule is COc1cccc(Cc2c(C(F)(F)F)nc(C)[nH]c2=O)c1. The molecule has 0 bridgehead atoms. The second kappa shape index (κ2) is 5.59. The van der Waals surface area contributed by atoms with E-state index in [0.717, 1.165) is 0 Å². The van der Waals surface area contributed by atoms with Gasteiger partial charge in [-0.1, -0.05) is 12.1 Å². The molecule has 2 rings (SSSR count). The molecule has 0 unspecified atom stereocenters. The minimum atomic E-state index is -4.67. The first-order valence-corrected chi connectivity index (χ1v) is 6.11. The fourth-order valence-electron chi connectivity index (χ4n) is 2.00. The number of methoxy groups -OCH3 is 1. The minimum Gasteiger partial charge on any atom is -0.497 e. The Hall–Kier alpha value is -2.31. The number of benzene rings is 1. The first-order chi connectivity index (χ1) is 9.81. The molecule has 2 aromatic rings. The number of aryl methyl sites for hydroxylation is 1. The Morgan fingerprint density at radius 3 is 2.67 bits per heavy atom. The molecule has 21 heavy (non-hydrogen) atoms. The van der Waals surface area contributed by atoms with Crippen molar-refractivity contribution in [1.82, 2.24) is 9.97 Å². The quantitative estimate of drug-likeness (QED) is 0.948. The van der Waals surface area contributed by atoms with Crippen molar-refractivity contribution in [2.45, 2.75) is 19.5 Å². The lowest BCUT2D eigenvalue weighted by Crippen LogP contribution is -2.24. The topological polar surface area (TPSA) is 55.0 Å². The largest absolute Gasteiger partial charge is 0.497 e. The van der Waals surface area contributed by atoms with Gasteiger partial charge in [0.1, 0.15) is 11.6 Å². The van der Waals surface area contributed by atoms with Crippen LogP contribution in [0.15, 0.2) is 29.1 Å². The summed E-state index contributed by atoms with van der Waals surface area (Å²) in [5.74, 6) is 0.444. The number of hydrogen-bond acceptors (Lipinski definition) is 3. The standard InChI is InChI=1S/C14H13F3N2O2/c1-8-18-12(14(15,16)17)11(13(20)19-8)7-9-4-3-5-10(6-9)21-2/h3-6H,7H2,1-2H3,(H,18,19,20). The minimum absolute atomic E-state index is 0.0679. The Morgan fingerprint density at radius 1 is 1.33 bits per heavy atom. The zero-order valence-corrected chi connectivity index (χ0v) is 11.4. The maximum absolute atomic E-state index is 13.0. The van der Waals surface area contributed by atoms with Gasteiger partial charge in [-0.2, -0.15) is 13.2 Å². The fourth-order valence-corrected chi connectivity index (χ4v) is 2.00. The van der Waals surface area contributed by atoms with Gasteiger partial charge in [-0.05, 0) is 24.6 Å². The molecule has 0 fully saturated rings. The van der Waals surface area contributed by atoms with Crippen LogP contribution in [0, 0.1) is 6.92 Å². The average molecular weight is 298 g/mol. The van der Waals surface area contributed by atoms with Crippen LogP contribution >= 0.6 is 0 Å². The van der Waals surface area contributed by atoms with E-state index in [1.807, 2.05) is 0 Å². The van der Waals surface area contributed by atoms with Crippen molar-refractivity contribution < 1.29 is 17.9 Å². The third-order valence-electron chi connectivity index (χ3n) is 2.92. The van der Waals surface area contributed by atoms with Gasteiger partial charge in [0.25, 0.3) is 5.56 Å². The molecule has 0 aliphatic carbocycles. The highest BCUT2D eigenvalue weighted by Gasteiger charge is 2.36. The van der Waals surface area contributed by atoms with Crippen LogP contribution in [-0.4, -0.2) is 17.1 Å². The van der Waals surface area contributed by atoms with E-state index < -0.39 is 23.0 Å². The van der Waals surface area contributed by atoms with E-state index in [-0.39, 0.29) is 12.2 Å². The Labute approximate surface area is 118 Å². The van der Waals surface area contributed by atoms with Crippen LogP contribution < -0.4 is 10.3 Å². The van der Waals surface area contributed by atoms with Crippen LogP contribution in [-0.2, 0) is 12.6 Å². The van der Waals surface area contributed by atoms with E-state index in [4.69, 9.17) is 4.74 Å². The van der Waals surface area contributed by atoms with Crippen LogP contribution in [0.4, 0.5) is 13.2 Å². The lowest BCUT2D eigenvalue weighted by molar-refractivity contribution is -0.142. The van der Waals surface area contributed by atoms with Gasteiger partial charge in [-0.3, -0.25) is 4.79 Å². The summed E-state index contributed by atoms with van der Waals surface area (Å²) in [6, 6.07) is 6.53. The summed E-state index contributed by atoms with van der Waals surface area (Å²) in [4.78, 5) is 17.6. The lowest BCUT2D eigenvalue weighted by atomic mass is 10.0. The maximum Gasteiger partial charge on any atom is 0.433 e. The van der Waals surface area contributed by atoms with Gasteiger partial charge in [-0.25, -0.2) is 4.98 Å². The molecule has 1 aromatic heterocycles. The van der Waals surface area contributed by atoms with E-state index in [9.17, 15) is 18.0 Å². The van der Waals surface area contributed by atoms with Gasteiger partial charge in [0.15, 0.2) is 5.69 Å². The molecule has 1 N–H and O–H groups in total. The van der Waals surface area contributed by atoms with Crippen molar-refractivity contribution in [3.63, 3.8) is 0 Å².